The van der Waals surface area contributed by atoms with Gasteiger partial charge in [0, 0.05) is 20.1 Å². The number of H-pyrrole nitrogens is 1. The van der Waals surface area contributed by atoms with Crippen LogP contribution in [-0.4, -0.2) is 9.97 Å². The minimum Gasteiger partial charge on any atom is -0.488 e. The first-order valence-corrected chi connectivity index (χ1v) is 9.47. The van der Waals surface area contributed by atoms with Crippen LogP contribution in [-0.2, 0) is 6.61 Å². The summed E-state index contributed by atoms with van der Waals surface area (Å²) in [6.45, 7) is 0.271. The Morgan fingerprint density at radius 2 is 1.73 bits per heavy atom. The second kappa shape index (κ2) is 7.31. The molecule has 3 nitrogen and oxygen atoms in total. The Labute approximate surface area is 169 Å². The second-order valence-corrected chi connectivity index (χ2v) is 7.46. The lowest BCUT2D eigenvalue weighted by Crippen LogP contribution is -1.99. The minimum atomic E-state index is 0.271. The van der Waals surface area contributed by atoms with Crippen LogP contribution < -0.4 is 4.74 Å². The van der Waals surface area contributed by atoms with Crippen molar-refractivity contribution >= 4 is 50.2 Å². The van der Waals surface area contributed by atoms with Gasteiger partial charge < -0.3 is 9.72 Å². The van der Waals surface area contributed by atoms with Gasteiger partial charge in [0.15, 0.2) is 0 Å². The Kier molecular flexibility index (Phi) is 4.90. The van der Waals surface area contributed by atoms with E-state index in [-0.39, 0.29) is 6.61 Å². The van der Waals surface area contributed by atoms with E-state index < -0.39 is 0 Å². The zero-order chi connectivity index (χ0) is 18.1. The number of nitrogens with one attached hydrogen (secondary N) is 1. The smallest absolute Gasteiger partial charge is 0.142 e. The van der Waals surface area contributed by atoms with E-state index in [0.717, 1.165) is 32.5 Å². The Morgan fingerprint density at radius 3 is 2.50 bits per heavy atom. The quantitative estimate of drug-likeness (QED) is 0.370. The number of benzene rings is 3. The number of aromatic nitrogens is 2. The monoisotopic (exact) mass is 446 g/mol. The van der Waals surface area contributed by atoms with E-state index in [0.29, 0.717) is 15.8 Å². The summed E-state index contributed by atoms with van der Waals surface area (Å²) in [6.07, 6.45) is 0. The van der Waals surface area contributed by atoms with Gasteiger partial charge in [-0.1, -0.05) is 57.3 Å². The van der Waals surface area contributed by atoms with Crippen LogP contribution in [0.2, 0.25) is 10.0 Å². The number of imidazole rings is 1. The summed E-state index contributed by atoms with van der Waals surface area (Å²) in [7, 11) is 0. The summed E-state index contributed by atoms with van der Waals surface area (Å²) in [6, 6.07) is 19.1. The molecule has 130 valence electrons. The highest BCUT2D eigenvalue weighted by molar-refractivity contribution is 9.10. The van der Waals surface area contributed by atoms with Crippen molar-refractivity contribution in [2.24, 2.45) is 0 Å². The van der Waals surface area contributed by atoms with E-state index in [2.05, 4.69) is 25.9 Å². The van der Waals surface area contributed by atoms with E-state index in [1.165, 1.54) is 0 Å². The van der Waals surface area contributed by atoms with Gasteiger partial charge in [0.05, 0.1) is 16.6 Å². The SMILES string of the molecule is Clc1cccc(Cl)c1COc1ccc(Br)cc1-c1nc2ccccc2[nH]1. The summed E-state index contributed by atoms with van der Waals surface area (Å²) < 4.78 is 6.98. The zero-order valence-electron chi connectivity index (χ0n) is 13.5. The minimum absolute atomic E-state index is 0.271. The van der Waals surface area contributed by atoms with E-state index in [1.807, 2.05) is 48.5 Å². The van der Waals surface area contributed by atoms with Crippen molar-refractivity contribution in [3.8, 4) is 17.1 Å². The predicted octanol–water partition coefficient (Wildman–Crippen LogP) is 6.88. The fourth-order valence-corrected chi connectivity index (χ4v) is 3.58. The summed E-state index contributed by atoms with van der Waals surface area (Å²) in [4.78, 5) is 8.00. The summed E-state index contributed by atoms with van der Waals surface area (Å²) in [5, 5.41) is 1.17. The molecule has 6 heteroatoms. The molecule has 0 unspecified atom stereocenters. The number of hydrogen-bond donors (Lipinski definition) is 1. The molecule has 0 atom stereocenters. The number of ether oxygens (including phenoxy) is 1. The van der Waals surface area contributed by atoms with E-state index >= 15 is 0 Å². The highest BCUT2D eigenvalue weighted by atomic mass is 79.9. The molecule has 0 aliphatic carbocycles. The largest absolute Gasteiger partial charge is 0.488 e. The number of hydrogen-bond acceptors (Lipinski definition) is 2. The van der Waals surface area contributed by atoms with E-state index in [9.17, 15) is 0 Å². The van der Waals surface area contributed by atoms with Gasteiger partial charge in [-0.25, -0.2) is 4.98 Å². The molecular weight excluding hydrogens is 435 g/mol. The molecule has 0 aliphatic rings. The molecule has 4 aromatic rings. The van der Waals surface area contributed by atoms with Crippen LogP contribution in [0.25, 0.3) is 22.4 Å². The first kappa shape index (κ1) is 17.4. The van der Waals surface area contributed by atoms with E-state index in [4.69, 9.17) is 27.9 Å². The summed E-state index contributed by atoms with van der Waals surface area (Å²) in [5.74, 6) is 1.44. The van der Waals surface area contributed by atoms with Crippen molar-refractivity contribution in [1.82, 2.24) is 9.97 Å². The maximum absolute atomic E-state index is 6.24. The molecule has 1 N–H and O–H groups in total. The van der Waals surface area contributed by atoms with Gasteiger partial charge in [0.1, 0.15) is 18.2 Å². The predicted molar refractivity (Wildman–Crippen MR) is 110 cm³/mol. The van der Waals surface area contributed by atoms with Crippen molar-refractivity contribution in [1.29, 1.82) is 0 Å². The molecule has 0 saturated carbocycles. The Balaban J connectivity index is 1.71. The Hall–Kier alpha value is -2.01. The van der Waals surface area contributed by atoms with Crippen molar-refractivity contribution in [3.05, 3.63) is 80.7 Å². The normalized spacial score (nSPS) is 11.0. The van der Waals surface area contributed by atoms with Crippen molar-refractivity contribution in [3.63, 3.8) is 0 Å². The highest BCUT2D eigenvalue weighted by Crippen LogP contribution is 2.34. The van der Waals surface area contributed by atoms with Gasteiger partial charge in [0.2, 0.25) is 0 Å². The highest BCUT2D eigenvalue weighted by Gasteiger charge is 2.13. The molecule has 4 rings (SSSR count). The molecule has 0 amide bonds. The molecule has 0 radical (unpaired) electrons. The maximum atomic E-state index is 6.24. The van der Waals surface area contributed by atoms with Gasteiger partial charge in [-0.05, 0) is 42.5 Å². The molecule has 1 heterocycles. The molecule has 26 heavy (non-hydrogen) atoms. The number of rotatable bonds is 4. The molecule has 0 bridgehead atoms. The first-order valence-electron chi connectivity index (χ1n) is 7.92. The van der Waals surface area contributed by atoms with Gasteiger partial charge >= 0.3 is 0 Å². The summed E-state index contributed by atoms with van der Waals surface area (Å²) >= 11 is 16.0. The van der Waals surface area contributed by atoms with Crippen LogP contribution in [0.5, 0.6) is 5.75 Å². The van der Waals surface area contributed by atoms with Crippen molar-refractivity contribution < 1.29 is 4.74 Å². The lowest BCUT2D eigenvalue weighted by atomic mass is 10.2. The van der Waals surface area contributed by atoms with Crippen molar-refractivity contribution in [2.75, 3.05) is 0 Å². The third-order valence-corrected chi connectivity index (χ3v) is 5.22. The number of nitrogens with zero attached hydrogens (tertiary/aromatic N) is 1. The zero-order valence-corrected chi connectivity index (χ0v) is 16.6. The standard InChI is InChI=1S/C20H13BrCl2N2O/c21-12-8-9-19(26-11-14-15(22)4-3-5-16(14)23)13(10-12)20-24-17-6-1-2-7-18(17)25-20/h1-10H,11H2,(H,24,25). The van der Waals surface area contributed by atoms with Gasteiger partial charge in [-0.15, -0.1) is 0 Å². The van der Waals surface area contributed by atoms with Gasteiger partial charge in [-0.3, -0.25) is 0 Å². The summed E-state index contributed by atoms with van der Waals surface area (Å²) in [5.41, 5.74) is 3.50. The van der Waals surface area contributed by atoms with Crippen LogP contribution in [0.3, 0.4) is 0 Å². The molecule has 0 spiro atoms. The first-order chi connectivity index (χ1) is 12.6. The third kappa shape index (κ3) is 3.45. The molecule has 0 aliphatic heterocycles. The topological polar surface area (TPSA) is 37.9 Å². The fraction of sp³-hybridized carbons (Fsp3) is 0.0500. The lowest BCUT2D eigenvalue weighted by molar-refractivity contribution is 0.307. The maximum Gasteiger partial charge on any atom is 0.142 e. The molecule has 3 aromatic carbocycles. The number of para-hydroxylation sites is 2. The van der Waals surface area contributed by atoms with Crippen LogP contribution >= 0.6 is 39.1 Å². The molecular formula is C20H13BrCl2N2O. The number of fused-ring (bicyclic) bond motifs is 1. The Bertz CT molecular complexity index is 1040. The van der Waals surface area contributed by atoms with Gasteiger partial charge in [0.25, 0.3) is 0 Å². The fourth-order valence-electron chi connectivity index (χ4n) is 2.71. The number of halogens is 3. The molecule has 0 saturated heterocycles. The molecule has 0 fully saturated rings. The van der Waals surface area contributed by atoms with E-state index in [1.54, 1.807) is 12.1 Å². The Morgan fingerprint density at radius 1 is 0.962 bits per heavy atom. The average molecular weight is 448 g/mol. The van der Waals surface area contributed by atoms with Crippen LogP contribution in [0, 0.1) is 0 Å². The second-order valence-electron chi connectivity index (χ2n) is 5.73. The van der Waals surface area contributed by atoms with Gasteiger partial charge in [-0.2, -0.15) is 0 Å². The van der Waals surface area contributed by atoms with Crippen LogP contribution in [0.4, 0.5) is 0 Å². The van der Waals surface area contributed by atoms with Crippen LogP contribution in [0.1, 0.15) is 5.56 Å². The lowest BCUT2D eigenvalue weighted by Gasteiger charge is -2.12. The molecule has 1 aromatic heterocycles. The number of aromatic amines is 1. The average Bonchev–Trinajstić information content (AvgIpc) is 3.06. The van der Waals surface area contributed by atoms with Crippen molar-refractivity contribution in [2.45, 2.75) is 6.61 Å². The third-order valence-electron chi connectivity index (χ3n) is 4.02. The van der Waals surface area contributed by atoms with Crippen LogP contribution in [0.15, 0.2) is 65.1 Å².